The number of aryl methyl sites for hydroxylation is 2. The molecule has 3 heterocycles. The van der Waals surface area contributed by atoms with Crippen molar-refractivity contribution in [3.8, 4) is 11.6 Å². The van der Waals surface area contributed by atoms with Crippen LogP contribution >= 0.6 is 0 Å². The maximum atomic E-state index is 13.1. The Morgan fingerprint density at radius 2 is 1.61 bits per heavy atom. The van der Waals surface area contributed by atoms with E-state index in [0.717, 1.165) is 39.1 Å². The average Bonchev–Trinajstić information content (AvgIpc) is 3.47. The summed E-state index contributed by atoms with van der Waals surface area (Å²) in [5.41, 5.74) is 1.68. The zero-order chi connectivity index (χ0) is 29.4. The summed E-state index contributed by atoms with van der Waals surface area (Å²) in [6, 6.07) is 13.5. The van der Waals surface area contributed by atoms with Gasteiger partial charge in [-0.05, 0) is 48.4 Å². The molecule has 0 fully saturated rings. The minimum atomic E-state index is -4.58. The Morgan fingerprint density at radius 1 is 0.878 bits per heavy atom. The largest absolute Gasteiger partial charge is 0.438 e. The summed E-state index contributed by atoms with van der Waals surface area (Å²) in [7, 11) is 1.27. The molecular formula is C27H23F6N7O. The van der Waals surface area contributed by atoms with Gasteiger partial charge in [0, 0.05) is 26.6 Å². The highest BCUT2D eigenvalue weighted by molar-refractivity contribution is 5.79. The van der Waals surface area contributed by atoms with E-state index in [1.54, 1.807) is 24.3 Å². The first-order chi connectivity index (χ1) is 19.4. The van der Waals surface area contributed by atoms with Crippen molar-refractivity contribution in [1.29, 1.82) is 0 Å². The van der Waals surface area contributed by atoms with E-state index in [4.69, 9.17) is 4.74 Å². The fraction of sp³-hybridized carbons (Fsp3) is 0.259. The summed E-state index contributed by atoms with van der Waals surface area (Å²) < 4.78 is 85.6. The molecular weight excluding hydrogens is 552 g/mol. The molecule has 0 amide bonds. The van der Waals surface area contributed by atoms with E-state index in [-0.39, 0.29) is 12.3 Å². The highest BCUT2D eigenvalue weighted by Gasteiger charge is 2.35. The second kappa shape index (κ2) is 10.7. The number of rotatable bonds is 8. The molecule has 14 heteroatoms. The smallest absolute Gasteiger partial charge is 0.434 e. The van der Waals surface area contributed by atoms with E-state index in [1.165, 1.54) is 7.05 Å². The highest BCUT2D eigenvalue weighted by Crippen LogP contribution is 2.31. The van der Waals surface area contributed by atoms with E-state index < -0.39 is 23.7 Å². The van der Waals surface area contributed by atoms with Crippen molar-refractivity contribution in [1.82, 2.24) is 29.3 Å². The first-order valence-electron chi connectivity index (χ1n) is 12.4. The number of halogens is 6. The molecule has 0 atom stereocenters. The fourth-order valence-electron chi connectivity index (χ4n) is 4.31. The zero-order valence-electron chi connectivity index (χ0n) is 21.8. The summed E-state index contributed by atoms with van der Waals surface area (Å²) in [6.07, 6.45) is -7.29. The van der Waals surface area contributed by atoms with Crippen molar-refractivity contribution < 1.29 is 31.1 Å². The molecule has 41 heavy (non-hydrogen) atoms. The monoisotopic (exact) mass is 575 g/mol. The predicted octanol–water partition coefficient (Wildman–Crippen LogP) is 6.61. The predicted molar refractivity (Wildman–Crippen MR) is 137 cm³/mol. The van der Waals surface area contributed by atoms with Gasteiger partial charge in [0.2, 0.25) is 11.8 Å². The van der Waals surface area contributed by atoms with Crippen molar-refractivity contribution in [2.45, 2.75) is 38.8 Å². The van der Waals surface area contributed by atoms with Crippen LogP contribution in [-0.4, -0.2) is 29.3 Å². The molecule has 1 N–H and O–H groups in total. The Labute approximate surface area is 229 Å². The van der Waals surface area contributed by atoms with Gasteiger partial charge in [0.05, 0.1) is 29.1 Å². The van der Waals surface area contributed by atoms with Crippen LogP contribution in [0.3, 0.4) is 0 Å². The van der Waals surface area contributed by atoms with Gasteiger partial charge in [0.1, 0.15) is 11.4 Å². The van der Waals surface area contributed by atoms with Gasteiger partial charge in [-0.25, -0.2) is 15.0 Å². The molecule has 0 bridgehead atoms. The van der Waals surface area contributed by atoms with E-state index in [2.05, 4.69) is 25.4 Å². The van der Waals surface area contributed by atoms with E-state index in [9.17, 15) is 26.3 Å². The first kappa shape index (κ1) is 27.9. The second-order valence-electron chi connectivity index (χ2n) is 9.16. The molecule has 0 aliphatic rings. The Morgan fingerprint density at radius 3 is 2.22 bits per heavy atom. The average molecular weight is 576 g/mol. The molecule has 0 aliphatic heterocycles. The lowest BCUT2D eigenvalue weighted by molar-refractivity contribution is -0.143. The molecule has 0 radical (unpaired) electrons. The maximum Gasteiger partial charge on any atom is 0.434 e. The van der Waals surface area contributed by atoms with Gasteiger partial charge in [0.25, 0.3) is 0 Å². The van der Waals surface area contributed by atoms with Gasteiger partial charge in [0.15, 0.2) is 5.69 Å². The molecule has 8 nitrogen and oxygen atoms in total. The van der Waals surface area contributed by atoms with E-state index >= 15 is 0 Å². The van der Waals surface area contributed by atoms with Crippen LogP contribution in [0.4, 0.5) is 32.3 Å². The van der Waals surface area contributed by atoms with Crippen LogP contribution in [0.15, 0.2) is 60.9 Å². The van der Waals surface area contributed by atoms with Crippen molar-refractivity contribution >= 4 is 17.0 Å². The molecule has 5 aromatic rings. The van der Waals surface area contributed by atoms with Crippen LogP contribution in [-0.2, 0) is 38.9 Å². The molecule has 0 unspecified atom stereocenters. The number of aromatic nitrogens is 6. The number of hydrogen-bond donors (Lipinski definition) is 1. The summed E-state index contributed by atoms with van der Waals surface area (Å²) in [5, 5.41) is 7.31. The number of nitrogens with one attached hydrogen (secondary N) is 1. The zero-order valence-corrected chi connectivity index (χ0v) is 21.8. The minimum Gasteiger partial charge on any atom is -0.438 e. The molecule has 214 valence electrons. The number of imidazole rings is 1. The summed E-state index contributed by atoms with van der Waals surface area (Å²) in [6.45, 7) is 2.99. The molecule has 2 aromatic carbocycles. The molecule has 5 rings (SSSR count). The standard InChI is InChI=1S/C27H23F6N7O/c1-3-40-21-11-17(10-18-12-23(27(31,32)33)39(2)38-18)6-9-20(21)37-25(40)36-13-16-4-7-19(8-5-16)41-24-15-34-22(14-35-24)26(28,29)30/h4-9,11-12,14-15H,3,10,13H2,1-2H3,(H,36,37). The number of nitrogens with zero attached hydrogens (tertiary/aromatic N) is 6. The van der Waals surface area contributed by atoms with Gasteiger partial charge in [-0.1, -0.05) is 18.2 Å². The summed E-state index contributed by atoms with van der Waals surface area (Å²) in [5.74, 6) is 0.937. The first-order valence-corrected chi connectivity index (χ1v) is 12.4. The van der Waals surface area contributed by atoms with Crippen molar-refractivity contribution in [3.05, 3.63) is 89.1 Å². The number of ether oxygens (including phenoxy) is 1. The molecule has 0 saturated heterocycles. The normalized spacial score (nSPS) is 12.2. The van der Waals surface area contributed by atoms with Crippen LogP contribution in [0, 0.1) is 0 Å². The number of fused-ring (bicyclic) bond motifs is 1. The minimum absolute atomic E-state index is 0.0660. The topological polar surface area (TPSA) is 82.7 Å². The van der Waals surface area contributed by atoms with E-state index in [1.807, 2.05) is 29.7 Å². The SMILES string of the molecule is CCn1c(NCc2ccc(Oc3cnc(C(F)(F)F)cn3)cc2)nc2ccc(Cc3cc(C(F)(F)F)n(C)n3)cc21. The Hall–Kier alpha value is -4.62. The third-order valence-corrected chi connectivity index (χ3v) is 6.25. The van der Waals surface area contributed by atoms with Crippen LogP contribution in [0.1, 0.15) is 35.1 Å². The lowest BCUT2D eigenvalue weighted by Gasteiger charge is -2.10. The number of benzene rings is 2. The third kappa shape index (κ3) is 6.26. The molecule has 0 spiro atoms. The van der Waals surface area contributed by atoms with Crippen LogP contribution in [0.25, 0.3) is 11.0 Å². The van der Waals surface area contributed by atoms with E-state index in [0.29, 0.717) is 36.7 Å². The molecule has 3 aromatic heterocycles. The number of anilines is 1. The molecule has 0 saturated carbocycles. The Balaban J connectivity index is 1.25. The lowest BCUT2D eigenvalue weighted by atomic mass is 10.1. The van der Waals surface area contributed by atoms with Crippen molar-refractivity contribution in [3.63, 3.8) is 0 Å². The van der Waals surface area contributed by atoms with Crippen molar-refractivity contribution in [2.75, 3.05) is 5.32 Å². The second-order valence-corrected chi connectivity index (χ2v) is 9.16. The Bertz CT molecular complexity index is 1660. The quantitative estimate of drug-likeness (QED) is 0.210. The maximum absolute atomic E-state index is 13.1. The van der Waals surface area contributed by atoms with Gasteiger partial charge >= 0.3 is 12.4 Å². The lowest BCUT2D eigenvalue weighted by Crippen LogP contribution is -2.11. The van der Waals surface area contributed by atoms with Gasteiger partial charge in [-0.2, -0.15) is 31.4 Å². The van der Waals surface area contributed by atoms with Gasteiger partial charge in [-0.15, -0.1) is 0 Å². The molecule has 0 aliphatic carbocycles. The number of alkyl halides is 6. The van der Waals surface area contributed by atoms with Crippen LogP contribution in [0.2, 0.25) is 0 Å². The van der Waals surface area contributed by atoms with Gasteiger partial charge in [-0.3, -0.25) is 4.68 Å². The number of hydrogen-bond acceptors (Lipinski definition) is 6. The van der Waals surface area contributed by atoms with Crippen LogP contribution in [0.5, 0.6) is 11.6 Å². The summed E-state index contributed by atoms with van der Waals surface area (Å²) >= 11 is 0. The van der Waals surface area contributed by atoms with Gasteiger partial charge < -0.3 is 14.6 Å². The summed E-state index contributed by atoms with van der Waals surface area (Å²) in [4.78, 5) is 11.6. The fourth-order valence-corrected chi connectivity index (χ4v) is 4.31. The van der Waals surface area contributed by atoms with Crippen LogP contribution < -0.4 is 10.1 Å². The Kier molecular flexibility index (Phi) is 7.32. The third-order valence-electron chi connectivity index (χ3n) is 6.25. The highest BCUT2D eigenvalue weighted by atomic mass is 19.4. The van der Waals surface area contributed by atoms with Crippen molar-refractivity contribution in [2.24, 2.45) is 7.05 Å².